The quantitative estimate of drug-likeness (QED) is 0.895. The number of nitrogens with zero attached hydrogens (tertiary/aromatic N) is 1. The van der Waals surface area contributed by atoms with Crippen molar-refractivity contribution in [1.82, 2.24) is 10.2 Å². The Morgan fingerprint density at radius 1 is 1.26 bits per heavy atom. The lowest BCUT2D eigenvalue weighted by atomic mass is 9.92. The van der Waals surface area contributed by atoms with Crippen LogP contribution in [0.1, 0.15) is 38.2 Å². The predicted octanol–water partition coefficient (Wildman–Crippen LogP) is 3.56. The molecule has 0 amide bonds. The minimum absolute atomic E-state index is 0.419. The van der Waals surface area contributed by atoms with Crippen LogP contribution in [-0.4, -0.2) is 29.6 Å². The van der Waals surface area contributed by atoms with Gasteiger partial charge >= 0.3 is 0 Å². The number of halogens is 1. The van der Waals surface area contributed by atoms with E-state index in [0.29, 0.717) is 11.6 Å². The molecule has 0 radical (unpaired) electrons. The molecule has 1 spiro atoms. The summed E-state index contributed by atoms with van der Waals surface area (Å²) in [6, 6.07) is 9.40. The number of nitrogens with one attached hydrogen (secondary N) is 1. The monoisotopic (exact) mass is 322 g/mol. The van der Waals surface area contributed by atoms with Crippen molar-refractivity contribution in [3.63, 3.8) is 0 Å². The van der Waals surface area contributed by atoms with E-state index in [1.54, 1.807) is 0 Å². The summed E-state index contributed by atoms with van der Waals surface area (Å²) < 4.78 is 1.16. The van der Waals surface area contributed by atoms with E-state index in [9.17, 15) is 0 Å². The van der Waals surface area contributed by atoms with Crippen LogP contribution in [0.2, 0.25) is 0 Å². The molecule has 1 aliphatic carbocycles. The standard InChI is InChI=1S/C16H23BrN2/c1-13-10-18-16(8-2-3-9-16)12-19(13)11-14-4-6-15(17)7-5-14/h4-7,13,18H,2-3,8-12H2,1H3. The van der Waals surface area contributed by atoms with Gasteiger partial charge in [-0.1, -0.05) is 40.9 Å². The van der Waals surface area contributed by atoms with Gasteiger partial charge in [0, 0.05) is 35.7 Å². The third-order valence-electron chi connectivity index (χ3n) is 4.76. The Balaban J connectivity index is 1.69. The number of piperazine rings is 1. The zero-order valence-corrected chi connectivity index (χ0v) is 13.2. The van der Waals surface area contributed by atoms with E-state index >= 15 is 0 Å². The summed E-state index contributed by atoms with van der Waals surface area (Å²) in [5.74, 6) is 0. The van der Waals surface area contributed by atoms with Gasteiger partial charge in [0.2, 0.25) is 0 Å². The molecule has 104 valence electrons. The fourth-order valence-corrected chi connectivity index (χ4v) is 3.78. The molecule has 1 saturated carbocycles. The molecule has 1 atom stereocenters. The largest absolute Gasteiger partial charge is 0.308 e. The fraction of sp³-hybridized carbons (Fsp3) is 0.625. The van der Waals surface area contributed by atoms with Crippen molar-refractivity contribution in [3.05, 3.63) is 34.3 Å². The second-order valence-corrected chi connectivity index (χ2v) is 7.16. The first-order chi connectivity index (χ1) is 9.17. The van der Waals surface area contributed by atoms with Crippen LogP contribution in [0.25, 0.3) is 0 Å². The Hall–Kier alpha value is -0.380. The molecule has 0 bridgehead atoms. The maximum Gasteiger partial charge on any atom is 0.0309 e. The van der Waals surface area contributed by atoms with E-state index in [-0.39, 0.29) is 0 Å². The van der Waals surface area contributed by atoms with Crippen LogP contribution >= 0.6 is 15.9 Å². The van der Waals surface area contributed by atoms with E-state index in [4.69, 9.17) is 0 Å². The maximum absolute atomic E-state index is 3.82. The number of hydrogen-bond donors (Lipinski definition) is 1. The van der Waals surface area contributed by atoms with Crippen molar-refractivity contribution in [1.29, 1.82) is 0 Å². The van der Waals surface area contributed by atoms with Gasteiger partial charge in [-0.15, -0.1) is 0 Å². The van der Waals surface area contributed by atoms with E-state index in [1.807, 2.05) is 0 Å². The zero-order valence-electron chi connectivity index (χ0n) is 11.7. The molecule has 1 saturated heterocycles. The molecule has 1 aromatic rings. The second-order valence-electron chi connectivity index (χ2n) is 6.25. The molecule has 1 N–H and O–H groups in total. The Morgan fingerprint density at radius 3 is 2.63 bits per heavy atom. The molecule has 1 heterocycles. The summed E-state index contributed by atoms with van der Waals surface area (Å²) in [5.41, 5.74) is 1.84. The van der Waals surface area contributed by atoms with Gasteiger partial charge in [-0.3, -0.25) is 4.90 Å². The van der Waals surface area contributed by atoms with Crippen molar-refractivity contribution in [3.8, 4) is 0 Å². The average molecular weight is 323 g/mol. The highest BCUT2D eigenvalue weighted by molar-refractivity contribution is 9.10. The van der Waals surface area contributed by atoms with E-state index < -0.39 is 0 Å². The highest BCUT2D eigenvalue weighted by Crippen LogP contribution is 2.33. The lowest BCUT2D eigenvalue weighted by molar-refractivity contribution is 0.0827. The molecule has 1 aromatic carbocycles. The summed E-state index contributed by atoms with van der Waals surface area (Å²) >= 11 is 3.51. The molecule has 2 aliphatic rings. The second kappa shape index (κ2) is 5.55. The van der Waals surface area contributed by atoms with Gasteiger partial charge in [0.15, 0.2) is 0 Å². The fourth-order valence-electron chi connectivity index (χ4n) is 3.52. The van der Waals surface area contributed by atoms with Crippen molar-refractivity contribution in [2.45, 2.75) is 50.7 Å². The van der Waals surface area contributed by atoms with Gasteiger partial charge in [-0.2, -0.15) is 0 Å². The molecule has 19 heavy (non-hydrogen) atoms. The first-order valence-electron chi connectivity index (χ1n) is 7.40. The average Bonchev–Trinajstić information content (AvgIpc) is 2.85. The highest BCUT2D eigenvalue weighted by Gasteiger charge is 2.39. The minimum Gasteiger partial charge on any atom is -0.308 e. The van der Waals surface area contributed by atoms with Crippen molar-refractivity contribution in [2.75, 3.05) is 13.1 Å². The van der Waals surface area contributed by atoms with Crippen molar-refractivity contribution in [2.24, 2.45) is 0 Å². The normalized spacial score (nSPS) is 26.9. The summed E-state index contributed by atoms with van der Waals surface area (Å²) in [5, 5.41) is 3.82. The molecule has 2 nitrogen and oxygen atoms in total. The third-order valence-corrected chi connectivity index (χ3v) is 5.29. The van der Waals surface area contributed by atoms with Crippen molar-refractivity contribution >= 4 is 15.9 Å². The minimum atomic E-state index is 0.419. The third kappa shape index (κ3) is 3.04. The van der Waals surface area contributed by atoms with Crippen LogP contribution in [0.5, 0.6) is 0 Å². The lowest BCUT2D eigenvalue weighted by Crippen LogP contribution is -2.61. The number of benzene rings is 1. The summed E-state index contributed by atoms with van der Waals surface area (Å²) in [6.45, 7) is 5.77. The van der Waals surface area contributed by atoms with Crippen LogP contribution in [-0.2, 0) is 6.54 Å². The van der Waals surface area contributed by atoms with Gasteiger partial charge in [-0.25, -0.2) is 0 Å². The number of hydrogen-bond acceptors (Lipinski definition) is 2. The van der Waals surface area contributed by atoms with Gasteiger partial charge in [0.25, 0.3) is 0 Å². The topological polar surface area (TPSA) is 15.3 Å². The van der Waals surface area contributed by atoms with E-state index in [1.165, 1.54) is 37.8 Å². The molecule has 3 rings (SSSR count). The first-order valence-corrected chi connectivity index (χ1v) is 8.20. The van der Waals surface area contributed by atoms with Crippen LogP contribution in [0.3, 0.4) is 0 Å². The van der Waals surface area contributed by atoms with Crippen LogP contribution < -0.4 is 5.32 Å². The first kappa shape index (κ1) is 13.6. The predicted molar refractivity (Wildman–Crippen MR) is 83.2 cm³/mol. The summed E-state index contributed by atoms with van der Waals surface area (Å²) in [6.07, 6.45) is 5.51. The summed E-state index contributed by atoms with van der Waals surface area (Å²) in [7, 11) is 0. The molecule has 1 aliphatic heterocycles. The van der Waals surface area contributed by atoms with E-state index in [2.05, 4.69) is 57.3 Å². The Morgan fingerprint density at radius 2 is 1.95 bits per heavy atom. The Labute approximate surface area is 124 Å². The van der Waals surface area contributed by atoms with Gasteiger partial charge in [0.05, 0.1) is 0 Å². The molecular formula is C16H23BrN2. The SMILES string of the molecule is CC1CNC2(CCCC2)CN1Cc1ccc(Br)cc1. The van der Waals surface area contributed by atoms with Gasteiger partial charge < -0.3 is 5.32 Å². The highest BCUT2D eigenvalue weighted by atomic mass is 79.9. The molecule has 2 fully saturated rings. The molecule has 0 aromatic heterocycles. The van der Waals surface area contributed by atoms with Crippen LogP contribution in [0.15, 0.2) is 28.7 Å². The Kier molecular flexibility index (Phi) is 3.97. The molecule has 3 heteroatoms. The Bertz CT molecular complexity index is 423. The van der Waals surface area contributed by atoms with Crippen LogP contribution in [0, 0.1) is 0 Å². The smallest absolute Gasteiger partial charge is 0.0309 e. The summed E-state index contributed by atoms with van der Waals surface area (Å²) in [4.78, 5) is 2.66. The zero-order chi connectivity index (χ0) is 13.3. The van der Waals surface area contributed by atoms with Gasteiger partial charge in [0.1, 0.15) is 0 Å². The van der Waals surface area contributed by atoms with Crippen molar-refractivity contribution < 1.29 is 0 Å². The lowest BCUT2D eigenvalue weighted by Gasteiger charge is -2.45. The number of rotatable bonds is 2. The maximum atomic E-state index is 3.82. The van der Waals surface area contributed by atoms with Gasteiger partial charge in [-0.05, 0) is 37.5 Å². The molecule has 1 unspecified atom stereocenters. The molecular weight excluding hydrogens is 300 g/mol. The van der Waals surface area contributed by atoms with E-state index in [0.717, 1.165) is 17.6 Å². The van der Waals surface area contributed by atoms with Crippen LogP contribution in [0.4, 0.5) is 0 Å².